The lowest BCUT2D eigenvalue weighted by Gasteiger charge is -2.13. The molecule has 0 unspecified atom stereocenters. The molecule has 0 aliphatic heterocycles. The first kappa shape index (κ1) is 24.9. The highest BCUT2D eigenvalue weighted by Gasteiger charge is 2.06. The van der Waals surface area contributed by atoms with Crippen molar-refractivity contribution >= 4 is 35.8 Å². The van der Waals surface area contributed by atoms with E-state index in [-0.39, 0.29) is 29.9 Å². The van der Waals surface area contributed by atoms with Gasteiger partial charge in [0.2, 0.25) is 0 Å². The second-order valence-corrected chi connectivity index (χ2v) is 7.03. The Morgan fingerprint density at radius 1 is 0.966 bits per heavy atom. The molecule has 0 spiro atoms. The third-order valence-corrected chi connectivity index (χ3v) is 4.26. The molecule has 0 heterocycles. The van der Waals surface area contributed by atoms with E-state index in [2.05, 4.69) is 52.1 Å². The van der Waals surface area contributed by atoms with Crippen LogP contribution in [0.25, 0.3) is 0 Å². The first-order valence-corrected chi connectivity index (χ1v) is 9.50. The number of nitrogens with one attached hydrogen (secondary N) is 3. The number of carbonyl (C=O) groups excluding carboxylic acids is 1. The summed E-state index contributed by atoms with van der Waals surface area (Å²) in [4.78, 5) is 18.6. The Morgan fingerprint density at radius 2 is 1.59 bits per heavy atom. The van der Waals surface area contributed by atoms with Gasteiger partial charge < -0.3 is 20.9 Å². The molecule has 0 fully saturated rings. The molecule has 0 aromatic heterocycles. The Labute approximate surface area is 191 Å². The van der Waals surface area contributed by atoms with Gasteiger partial charge in [0.1, 0.15) is 0 Å². The van der Waals surface area contributed by atoms with E-state index in [0.717, 1.165) is 18.1 Å². The minimum Gasteiger partial charge on any atom is -0.352 e. The van der Waals surface area contributed by atoms with Gasteiger partial charge in [0.05, 0.1) is 0 Å². The Kier molecular flexibility index (Phi) is 11.3. The van der Waals surface area contributed by atoms with Crippen LogP contribution in [0.2, 0.25) is 0 Å². The van der Waals surface area contributed by atoms with Gasteiger partial charge in [0, 0.05) is 38.8 Å². The third kappa shape index (κ3) is 9.27. The monoisotopic (exact) mass is 509 g/mol. The van der Waals surface area contributed by atoms with Crippen LogP contribution >= 0.6 is 24.0 Å². The fraction of sp³-hybridized carbons (Fsp3) is 0.364. The van der Waals surface area contributed by atoms with Crippen LogP contribution in [-0.4, -0.2) is 51.0 Å². The molecule has 158 valence electrons. The van der Waals surface area contributed by atoms with E-state index in [4.69, 9.17) is 0 Å². The summed E-state index contributed by atoms with van der Waals surface area (Å²) in [6, 6.07) is 16.0. The van der Waals surface area contributed by atoms with E-state index in [0.29, 0.717) is 25.2 Å². The molecule has 0 saturated carbocycles. The summed E-state index contributed by atoms with van der Waals surface area (Å²) >= 11 is 0. The van der Waals surface area contributed by atoms with Crippen LogP contribution in [0.3, 0.4) is 0 Å². The van der Waals surface area contributed by atoms with Crippen LogP contribution in [0, 0.1) is 6.92 Å². The van der Waals surface area contributed by atoms with Gasteiger partial charge in [-0.05, 0) is 44.3 Å². The second-order valence-electron chi connectivity index (χ2n) is 7.03. The number of hydrogen-bond donors (Lipinski definition) is 3. The molecule has 0 aliphatic carbocycles. The molecule has 3 N–H and O–H groups in total. The standard InChI is InChI=1S/C22H31N5O.HI/c1-17-7-5-8-18(13-17)15-25-22(23-2)26-16-19-9-6-10-20(14-19)21(28)24-11-12-27(3)4;/h5-10,13-14H,11-12,15-16H2,1-4H3,(H,24,28)(H2,23,25,26);1H. The van der Waals surface area contributed by atoms with Crippen molar-refractivity contribution in [1.29, 1.82) is 0 Å². The second kappa shape index (κ2) is 13.2. The average Bonchev–Trinajstić information content (AvgIpc) is 2.68. The van der Waals surface area contributed by atoms with E-state index in [1.165, 1.54) is 11.1 Å². The van der Waals surface area contributed by atoms with Gasteiger partial charge in [-0.15, -0.1) is 24.0 Å². The van der Waals surface area contributed by atoms with Crippen LogP contribution in [0.1, 0.15) is 27.0 Å². The summed E-state index contributed by atoms with van der Waals surface area (Å²) in [5.41, 5.74) is 4.14. The van der Waals surface area contributed by atoms with Gasteiger partial charge in [-0.1, -0.05) is 42.0 Å². The largest absolute Gasteiger partial charge is 0.352 e. The van der Waals surface area contributed by atoms with Crippen LogP contribution < -0.4 is 16.0 Å². The molecule has 6 nitrogen and oxygen atoms in total. The van der Waals surface area contributed by atoms with Crippen molar-refractivity contribution in [3.8, 4) is 0 Å². The number of halogens is 1. The number of guanidine groups is 1. The predicted octanol–water partition coefficient (Wildman–Crippen LogP) is 2.77. The topological polar surface area (TPSA) is 68.8 Å². The Bertz CT molecular complexity index is 807. The zero-order chi connectivity index (χ0) is 20.4. The lowest BCUT2D eigenvalue weighted by molar-refractivity contribution is 0.0951. The molecular weight excluding hydrogens is 477 g/mol. The molecule has 0 saturated heterocycles. The van der Waals surface area contributed by atoms with Crippen molar-refractivity contribution < 1.29 is 4.79 Å². The molecule has 7 heteroatoms. The maximum absolute atomic E-state index is 12.3. The maximum atomic E-state index is 12.3. The Balaban J connectivity index is 0.00000420. The quantitative estimate of drug-likeness (QED) is 0.291. The highest BCUT2D eigenvalue weighted by Crippen LogP contribution is 2.06. The minimum atomic E-state index is -0.0503. The highest BCUT2D eigenvalue weighted by atomic mass is 127. The van der Waals surface area contributed by atoms with Gasteiger partial charge in [0.25, 0.3) is 5.91 Å². The molecule has 0 atom stereocenters. The maximum Gasteiger partial charge on any atom is 0.251 e. The van der Waals surface area contributed by atoms with Crippen LogP contribution in [0.4, 0.5) is 0 Å². The van der Waals surface area contributed by atoms with E-state index >= 15 is 0 Å². The molecule has 0 aliphatic rings. The number of nitrogens with zero attached hydrogens (tertiary/aromatic N) is 2. The number of carbonyl (C=O) groups is 1. The van der Waals surface area contributed by atoms with Crippen LogP contribution in [-0.2, 0) is 13.1 Å². The number of amides is 1. The number of rotatable bonds is 8. The molecule has 29 heavy (non-hydrogen) atoms. The molecule has 1 amide bonds. The molecule has 2 rings (SSSR count). The first-order valence-electron chi connectivity index (χ1n) is 9.50. The summed E-state index contributed by atoms with van der Waals surface area (Å²) in [7, 11) is 5.72. The van der Waals surface area contributed by atoms with E-state index in [9.17, 15) is 4.79 Å². The van der Waals surface area contributed by atoms with Crippen molar-refractivity contribution in [2.45, 2.75) is 20.0 Å². The number of aryl methyl sites for hydroxylation is 1. The van der Waals surface area contributed by atoms with Gasteiger partial charge in [-0.2, -0.15) is 0 Å². The third-order valence-electron chi connectivity index (χ3n) is 4.26. The number of aliphatic imine (C=N–C) groups is 1. The Morgan fingerprint density at radius 3 is 2.17 bits per heavy atom. The number of hydrogen-bond acceptors (Lipinski definition) is 3. The van der Waals surface area contributed by atoms with Crippen molar-refractivity contribution in [2.24, 2.45) is 4.99 Å². The smallest absolute Gasteiger partial charge is 0.251 e. The zero-order valence-corrected chi connectivity index (χ0v) is 20.0. The SMILES string of the molecule is CN=C(NCc1cccc(C)c1)NCc1cccc(C(=O)NCCN(C)C)c1.I. The van der Waals surface area contributed by atoms with Gasteiger partial charge >= 0.3 is 0 Å². The fourth-order valence-corrected chi connectivity index (χ4v) is 2.73. The van der Waals surface area contributed by atoms with Gasteiger partial charge in [-0.25, -0.2) is 0 Å². The fourth-order valence-electron chi connectivity index (χ4n) is 2.73. The summed E-state index contributed by atoms with van der Waals surface area (Å²) in [6.07, 6.45) is 0. The highest BCUT2D eigenvalue weighted by molar-refractivity contribution is 14.0. The predicted molar refractivity (Wildman–Crippen MR) is 131 cm³/mol. The van der Waals surface area contributed by atoms with E-state index in [1.54, 1.807) is 7.05 Å². The summed E-state index contributed by atoms with van der Waals surface area (Å²) < 4.78 is 0. The molecule has 2 aromatic rings. The Hall–Kier alpha value is -2.13. The lowest BCUT2D eigenvalue weighted by Crippen LogP contribution is -2.36. The van der Waals surface area contributed by atoms with Crippen molar-refractivity contribution in [2.75, 3.05) is 34.2 Å². The van der Waals surface area contributed by atoms with Crippen LogP contribution in [0.5, 0.6) is 0 Å². The number of benzene rings is 2. The van der Waals surface area contributed by atoms with Crippen molar-refractivity contribution in [3.05, 3.63) is 70.8 Å². The van der Waals surface area contributed by atoms with Crippen LogP contribution in [0.15, 0.2) is 53.5 Å². The lowest BCUT2D eigenvalue weighted by atomic mass is 10.1. The van der Waals surface area contributed by atoms with E-state index in [1.807, 2.05) is 43.3 Å². The molecule has 2 aromatic carbocycles. The minimum absolute atomic E-state index is 0. The van der Waals surface area contributed by atoms with Crippen molar-refractivity contribution in [3.63, 3.8) is 0 Å². The first-order chi connectivity index (χ1) is 13.5. The molecule has 0 bridgehead atoms. The average molecular weight is 509 g/mol. The number of likely N-dealkylation sites (N-methyl/N-ethyl adjacent to an activating group) is 1. The summed E-state index contributed by atoms with van der Waals surface area (Å²) in [5.74, 6) is 0.674. The summed E-state index contributed by atoms with van der Waals surface area (Å²) in [5, 5.41) is 9.55. The van der Waals surface area contributed by atoms with E-state index < -0.39 is 0 Å². The molecular formula is C22H32IN5O. The zero-order valence-electron chi connectivity index (χ0n) is 17.7. The summed E-state index contributed by atoms with van der Waals surface area (Å²) in [6.45, 7) is 4.82. The van der Waals surface area contributed by atoms with Gasteiger partial charge in [-0.3, -0.25) is 9.79 Å². The van der Waals surface area contributed by atoms with Crippen molar-refractivity contribution in [1.82, 2.24) is 20.9 Å². The molecule has 0 radical (unpaired) electrons. The van der Waals surface area contributed by atoms with Gasteiger partial charge in [0.15, 0.2) is 5.96 Å². The normalized spacial score (nSPS) is 11.0.